The van der Waals surface area contributed by atoms with Crippen molar-refractivity contribution in [3.05, 3.63) is 35.5 Å². The molecule has 0 spiro atoms. The van der Waals surface area contributed by atoms with Crippen LogP contribution >= 0.6 is 0 Å². The highest BCUT2D eigenvalue weighted by molar-refractivity contribution is 5.82. The molecule has 5 rings (SSSR count). The molecule has 8 heteroatoms. The van der Waals surface area contributed by atoms with Crippen LogP contribution in [0.25, 0.3) is 16.7 Å². The second-order valence-corrected chi connectivity index (χ2v) is 8.75. The van der Waals surface area contributed by atoms with Crippen LogP contribution in [0.2, 0.25) is 0 Å². The molecule has 0 bridgehead atoms. The molecule has 2 aromatic heterocycles. The molecule has 2 unspecified atom stereocenters. The highest BCUT2D eigenvalue weighted by Gasteiger charge is 2.33. The number of rotatable bonds is 4. The van der Waals surface area contributed by atoms with Gasteiger partial charge in [-0.3, -0.25) is 0 Å². The number of likely N-dealkylation sites (tertiary alicyclic amines) is 1. The van der Waals surface area contributed by atoms with Gasteiger partial charge in [-0.2, -0.15) is 15.1 Å². The molecule has 7 nitrogen and oxygen atoms in total. The van der Waals surface area contributed by atoms with E-state index in [1.165, 1.54) is 0 Å². The zero-order chi connectivity index (χ0) is 21.0. The van der Waals surface area contributed by atoms with Crippen molar-refractivity contribution in [2.24, 2.45) is 5.92 Å². The van der Waals surface area contributed by atoms with E-state index in [2.05, 4.69) is 39.0 Å². The molecule has 3 aromatic rings. The van der Waals surface area contributed by atoms with Gasteiger partial charge in [-0.05, 0) is 43.1 Å². The largest absolute Gasteiger partial charge is 0.467 e. The molecular formula is C22H27FN6O. The summed E-state index contributed by atoms with van der Waals surface area (Å²) in [6.07, 6.45) is 0.974. The van der Waals surface area contributed by atoms with Crippen molar-refractivity contribution in [1.82, 2.24) is 24.6 Å². The number of anilines is 1. The van der Waals surface area contributed by atoms with Crippen LogP contribution < -0.4 is 9.64 Å². The van der Waals surface area contributed by atoms with Crippen molar-refractivity contribution in [2.75, 3.05) is 45.2 Å². The summed E-state index contributed by atoms with van der Waals surface area (Å²) in [7, 11) is 3.54. The van der Waals surface area contributed by atoms with Gasteiger partial charge >= 0.3 is 6.01 Å². The van der Waals surface area contributed by atoms with Crippen LogP contribution in [0.4, 0.5) is 10.2 Å². The SMILES string of the molecule is COc1nc(N2CC(C)C2)cc(-n2ncc3cc(C)c(C4CN(C)CC4F)cc32)n1. The third kappa shape index (κ3) is 3.19. The monoisotopic (exact) mass is 410 g/mol. The quantitative estimate of drug-likeness (QED) is 0.659. The molecule has 0 N–H and O–H groups in total. The van der Waals surface area contributed by atoms with Gasteiger partial charge in [0.15, 0.2) is 5.82 Å². The Morgan fingerprint density at radius 1 is 1.07 bits per heavy atom. The molecule has 0 amide bonds. The summed E-state index contributed by atoms with van der Waals surface area (Å²) in [6, 6.07) is 6.44. The third-order valence-electron chi connectivity index (χ3n) is 6.25. The second kappa shape index (κ2) is 7.19. The Balaban J connectivity index is 1.59. The first-order chi connectivity index (χ1) is 14.4. The Bertz CT molecular complexity index is 1090. The Morgan fingerprint density at radius 3 is 2.50 bits per heavy atom. The van der Waals surface area contributed by atoms with Gasteiger partial charge in [-0.15, -0.1) is 0 Å². The van der Waals surface area contributed by atoms with Crippen molar-refractivity contribution in [3.8, 4) is 11.8 Å². The topological polar surface area (TPSA) is 59.3 Å². The first-order valence-corrected chi connectivity index (χ1v) is 10.4. The van der Waals surface area contributed by atoms with E-state index < -0.39 is 6.17 Å². The summed E-state index contributed by atoms with van der Waals surface area (Å²) in [5.41, 5.74) is 3.06. The number of hydrogen-bond donors (Lipinski definition) is 0. The molecule has 2 saturated heterocycles. The fourth-order valence-corrected chi connectivity index (χ4v) is 4.68. The highest BCUT2D eigenvalue weighted by atomic mass is 19.1. The Morgan fingerprint density at radius 2 is 1.83 bits per heavy atom. The Labute approximate surface area is 175 Å². The van der Waals surface area contributed by atoms with Gasteiger partial charge < -0.3 is 14.5 Å². The minimum Gasteiger partial charge on any atom is -0.467 e. The predicted octanol–water partition coefficient (Wildman–Crippen LogP) is 2.96. The van der Waals surface area contributed by atoms with Gasteiger partial charge in [0, 0.05) is 43.5 Å². The molecule has 0 aliphatic carbocycles. The summed E-state index contributed by atoms with van der Waals surface area (Å²) in [6.45, 7) is 7.40. The van der Waals surface area contributed by atoms with Crippen LogP contribution in [-0.4, -0.2) is 71.2 Å². The number of methoxy groups -OCH3 is 1. The number of halogens is 1. The van der Waals surface area contributed by atoms with Gasteiger partial charge in [0.05, 0.1) is 18.8 Å². The van der Waals surface area contributed by atoms with E-state index in [4.69, 9.17) is 4.74 Å². The minimum absolute atomic E-state index is 0.124. The van der Waals surface area contributed by atoms with Gasteiger partial charge in [0.1, 0.15) is 12.0 Å². The molecule has 2 atom stereocenters. The van der Waals surface area contributed by atoms with Crippen molar-refractivity contribution in [2.45, 2.75) is 25.9 Å². The molecule has 2 fully saturated rings. The fourth-order valence-electron chi connectivity index (χ4n) is 4.68. The van der Waals surface area contributed by atoms with Crippen LogP contribution in [0.5, 0.6) is 6.01 Å². The third-order valence-corrected chi connectivity index (χ3v) is 6.25. The summed E-state index contributed by atoms with van der Waals surface area (Å²) in [5, 5.41) is 5.60. The summed E-state index contributed by atoms with van der Waals surface area (Å²) in [5.74, 6) is 2.03. The highest BCUT2D eigenvalue weighted by Crippen LogP contribution is 2.34. The Kier molecular flexibility index (Phi) is 4.61. The number of likely N-dealkylation sites (N-methyl/N-ethyl adjacent to an activating group) is 1. The summed E-state index contributed by atoms with van der Waals surface area (Å²) in [4.78, 5) is 13.3. The Hall–Kier alpha value is -2.74. The molecule has 4 heterocycles. The lowest BCUT2D eigenvalue weighted by atomic mass is 9.92. The molecule has 2 aliphatic rings. The second-order valence-electron chi connectivity index (χ2n) is 8.75. The van der Waals surface area contributed by atoms with Gasteiger partial charge in [0.2, 0.25) is 0 Å². The maximum atomic E-state index is 14.7. The van der Waals surface area contributed by atoms with Crippen molar-refractivity contribution < 1.29 is 9.13 Å². The number of fused-ring (bicyclic) bond motifs is 1. The maximum absolute atomic E-state index is 14.7. The number of aromatic nitrogens is 4. The molecule has 2 aliphatic heterocycles. The molecule has 158 valence electrons. The molecular weight excluding hydrogens is 383 g/mol. The van der Waals surface area contributed by atoms with Crippen molar-refractivity contribution in [1.29, 1.82) is 0 Å². The number of benzene rings is 1. The zero-order valence-electron chi connectivity index (χ0n) is 17.8. The predicted molar refractivity (Wildman–Crippen MR) is 114 cm³/mol. The minimum atomic E-state index is -0.860. The maximum Gasteiger partial charge on any atom is 0.320 e. The molecule has 1 aromatic carbocycles. The number of hydrogen-bond acceptors (Lipinski definition) is 6. The van der Waals surface area contributed by atoms with Gasteiger partial charge in [-0.1, -0.05) is 6.92 Å². The lowest BCUT2D eigenvalue weighted by molar-refractivity contribution is 0.309. The number of alkyl halides is 1. The smallest absolute Gasteiger partial charge is 0.320 e. The van der Waals surface area contributed by atoms with Crippen LogP contribution in [-0.2, 0) is 0 Å². The summed E-state index contributed by atoms with van der Waals surface area (Å²) >= 11 is 0. The molecule has 0 radical (unpaired) electrons. The van der Waals surface area contributed by atoms with Crippen LogP contribution in [0.1, 0.15) is 24.0 Å². The molecule has 0 saturated carbocycles. The molecule has 30 heavy (non-hydrogen) atoms. The van der Waals surface area contributed by atoms with Gasteiger partial charge in [-0.25, -0.2) is 9.07 Å². The fraction of sp³-hybridized carbons (Fsp3) is 0.500. The lowest BCUT2D eigenvalue weighted by Gasteiger charge is -2.38. The number of ether oxygens (including phenoxy) is 1. The van der Waals surface area contributed by atoms with Crippen LogP contribution in [0.3, 0.4) is 0 Å². The van der Waals surface area contributed by atoms with E-state index in [-0.39, 0.29) is 5.92 Å². The van der Waals surface area contributed by atoms with E-state index >= 15 is 0 Å². The van der Waals surface area contributed by atoms with Gasteiger partial charge in [0.25, 0.3) is 0 Å². The average molecular weight is 410 g/mol. The number of aryl methyl sites for hydroxylation is 1. The lowest BCUT2D eigenvalue weighted by Crippen LogP contribution is -2.45. The normalized spacial score (nSPS) is 22.6. The van der Waals surface area contributed by atoms with E-state index in [1.54, 1.807) is 11.8 Å². The van der Waals surface area contributed by atoms with E-state index in [9.17, 15) is 4.39 Å². The van der Waals surface area contributed by atoms with E-state index in [1.807, 2.05) is 31.1 Å². The van der Waals surface area contributed by atoms with E-state index in [0.717, 1.165) is 47.5 Å². The van der Waals surface area contributed by atoms with E-state index in [0.29, 0.717) is 24.3 Å². The van der Waals surface area contributed by atoms with Crippen molar-refractivity contribution in [3.63, 3.8) is 0 Å². The van der Waals surface area contributed by atoms with Crippen molar-refractivity contribution >= 4 is 16.7 Å². The first kappa shape index (κ1) is 19.2. The average Bonchev–Trinajstić information content (AvgIpc) is 3.26. The standard InChI is InChI=1S/C22H27FN6O/c1-13-9-28(10-13)20-7-21(26-22(25-20)30-4)29-19-6-16(14(2)5-15(19)8-24-29)17-11-27(3)12-18(17)23/h5-8,13,17-18H,9-12H2,1-4H3. The van der Waals surface area contributed by atoms with Crippen LogP contribution in [0, 0.1) is 12.8 Å². The van der Waals surface area contributed by atoms with Crippen LogP contribution in [0.15, 0.2) is 24.4 Å². The first-order valence-electron chi connectivity index (χ1n) is 10.4. The summed E-state index contributed by atoms with van der Waals surface area (Å²) < 4.78 is 21.8. The zero-order valence-corrected chi connectivity index (χ0v) is 17.8. The number of nitrogens with zero attached hydrogens (tertiary/aromatic N) is 6.